The molecule has 0 aliphatic heterocycles. The lowest BCUT2D eigenvalue weighted by Gasteiger charge is -2.11. The first-order valence-electron chi connectivity index (χ1n) is 8.73. The van der Waals surface area contributed by atoms with Gasteiger partial charge in [-0.25, -0.2) is 0 Å². The summed E-state index contributed by atoms with van der Waals surface area (Å²) < 4.78 is 5.60. The van der Waals surface area contributed by atoms with Crippen molar-refractivity contribution in [1.82, 2.24) is 0 Å². The van der Waals surface area contributed by atoms with Crippen LogP contribution in [0.4, 0.5) is 11.4 Å². The minimum Gasteiger partial charge on any atom is -0.483 e. The Hall–Kier alpha value is -2.82. The molecule has 0 fully saturated rings. The number of ether oxygens (including phenoxy) is 1. The fourth-order valence-corrected chi connectivity index (χ4v) is 2.42. The molecule has 0 heterocycles. The van der Waals surface area contributed by atoms with Gasteiger partial charge in [0.2, 0.25) is 5.91 Å². The highest BCUT2D eigenvalue weighted by atomic mass is 16.5. The van der Waals surface area contributed by atoms with Gasteiger partial charge in [0.05, 0.1) is 0 Å². The summed E-state index contributed by atoms with van der Waals surface area (Å²) in [7, 11) is 0. The van der Waals surface area contributed by atoms with E-state index in [2.05, 4.69) is 10.6 Å². The van der Waals surface area contributed by atoms with E-state index in [1.54, 1.807) is 24.3 Å². The minimum absolute atomic E-state index is 0.0151. The number of rotatable bonds is 7. The Kier molecular flexibility index (Phi) is 6.78. The van der Waals surface area contributed by atoms with Gasteiger partial charge >= 0.3 is 0 Å². The third-order valence-corrected chi connectivity index (χ3v) is 3.75. The lowest BCUT2D eigenvalue weighted by molar-refractivity contribution is -0.118. The molecule has 0 aliphatic carbocycles. The van der Waals surface area contributed by atoms with Crippen LogP contribution in [-0.4, -0.2) is 18.4 Å². The van der Waals surface area contributed by atoms with Crippen molar-refractivity contribution in [2.45, 2.75) is 34.1 Å². The molecule has 5 nitrogen and oxygen atoms in total. The number of carbonyl (C=O) groups is 2. The molecule has 0 unspecified atom stereocenters. The Labute approximate surface area is 154 Å². The number of nitrogens with one attached hydrogen (secondary N) is 2. The van der Waals surface area contributed by atoms with Crippen LogP contribution in [0.5, 0.6) is 5.75 Å². The van der Waals surface area contributed by atoms with Crippen molar-refractivity contribution >= 4 is 23.2 Å². The summed E-state index contributed by atoms with van der Waals surface area (Å²) in [6.45, 7) is 7.86. The van der Waals surface area contributed by atoms with Crippen molar-refractivity contribution in [3.8, 4) is 5.75 Å². The highest BCUT2D eigenvalue weighted by Gasteiger charge is 2.08. The first-order valence-corrected chi connectivity index (χ1v) is 8.73. The van der Waals surface area contributed by atoms with E-state index < -0.39 is 0 Å². The number of benzene rings is 2. The maximum absolute atomic E-state index is 12.1. The fourth-order valence-electron chi connectivity index (χ4n) is 2.42. The van der Waals surface area contributed by atoms with Crippen molar-refractivity contribution in [2.24, 2.45) is 5.92 Å². The van der Waals surface area contributed by atoms with Gasteiger partial charge in [-0.3, -0.25) is 9.59 Å². The van der Waals surface area contributed by atoms with E-state index in [4.69, 9.17) is 4.74 Å². The molecule has 26 heavy (non-hydrogen) atoms. The number of anilines is 2. The van der Waals surface area contributed by atoms with Gasteiger partial charge in [-0.2, -0.15) is 0 Å². The van der Waals surface area contributed by atoms with Gasteiger partial charge < -0.3 is 15.4 Å². The van der Waals surface area contributed by atoms with Crippen LogP contribution < -0.4 is 15.4 Å². The highest BCUT2D eigenvalue weighted by Crippen LogP contribution is 2.19. The van der Waals surface area contributed by atoms with E-state index in [1.165, 1.54) is 0 Å². The SMILES string of the molecule is Cc1ccc(C)c(OCC(=O)Nc2ccc(NC(=O)CC(C)C)cc2)c1. The number of hydrogen-bond acceptors (Lipinski definition) is 3. The zero-order valence-electron chi connectivity index (χ0n) is 15.8. The van der Waals surface area contributed by atoms with Gasteiger partial charge in [-0.15, -0.1) is 0 Å². The predicted molar refractivity (Wildman–Crippen MR) is 105 cm³/mol. The van der Waals surface area contributed by atoms with Crippen molar-refractivity contribution in [3.05, 3.63) is 53.6 Å². The summed E-state index contributed by atoms with van der Waals surface area (Å²) in [6.07, 6.45) is 0.480. The molecular weight excluding hydrogens is 328 g/mol. The van der Waals surface area contributed by atoms with Gasteiger partial charge in [0.25, 0.3) is 5.91 Å². The van der Waals surface area contributed by atoms with Crippen LogP contribution in [0.1, 0.15) is 31.4 Å². The zero-order chi connectivity index (χ0) is 19.1. The standard InChI is InChI=1S/C21H26N2O3/c1-14(2)11-20(24)22-17-7-9-18(10-8-17)23-21(25)13-26-19-12-15(3)5-6-16(19)4/h5-10,12,14H,11,13H2,1-4H3,(H,22,24)(H,23,25). The van der Waals surface area contributed by atoms with Crippen molar-refractivity contribution in [2.75, 3.05) is 17.2 Å². The molecule has 0 bridgehead atoms. The second-order valence-electron chi connectivity index (χ2n) is 6.83. The molecule has 2 N–H and O–H groups in total. The van der Waals surface area contributed by atoms with E-state index in [0.717, 1.165) is 11.1 Å². The Morgan fingerprint density at radius 3 is 2.08 bits per heavy atom. The minimum atomic E-state index is -0.234. The zero-order valence-corrected chi connectivity index (χ0v) is 15.8. The largest absolute Gasteiger partial charge is 0.483 e. The molecule has 0 radical (unpaired) electrons. The monoisotopic (exact) mass is 354 g/mol. The second-order valence-corrected chi connectivity index (χ2v) is 6.83. The Morgan fingerprint density at radius 2 is 1.50 bits per heavy atom. The van der Waals surface area contributed by atoms with Crippen molar-refractivity contribution < 1.29 is 14.3 Å². The first-order chi connectivity index (χ1) is 12.3. The maximum atomic E-state index is 12.1. The molecule has 0 spiro atoms. The molecule has 2 rings (SSSR count). The third kappa shape index (κ3) is 6.24. The maximum Gasteiger partial charge on any atom is 0.262 e. The molecular formula is C21H26N2O3. The highest BCUT2D eigenvalue weighted by molar-refractivity contribution is 5.93. The van der Waals surface area contributed by atoms with Crippen LogP contribution in [0.3, 0.4) is 0 Å². The van der Waals surface area contributed by atoms with Crippen LogP contribution in [0.25, 0.3) is 0 Å². The second kappa shape index (κ2) is 9.04. The molecule has 0 saturated heterocycles. The molecule has 2 amide bonds. The quantitative estimate of drug-likeness (QED) is 0.779. The summed E-state index contributed by atoms with van der Waals surface area (Å²) in [5.41, 5.74) is 3.44. The van der Waals surface area contributed by atoms with E-state index in [0.29, 0.717) is 29.5 Å². The number of aryl methyl sites for hydroxylation is 2. The van der Waals surface area contributed by atoms with E-state index >= 15 is 0 Å². The first kappa shape index (κ1) is 19.5. The van der Waals surface area contributed by atoms with Crippen LogP contribution in [-0.2, 0) is 9.59 Å². The van der Waals surface area contributed by atoms with Crippen LogP contribution >= 0.6 is 0 Å². The fraction of sp³-hybridized carbons (Fsp3) is 0.333. The normalized spacial score (nSPS) is 10.5. The summed E-state index contributed by atoms with van der Waals surface area (Å²) in [4.78, 5) is 23.8. The van der Waals surface area contributed by atoms with Gasteiger partial charge in [0, 0.05) is 17.8 Å². The molecule has 138 valence electrons. The van der Waals surface area contributed by atoms with Gasteiger partial charge in [-0.05, 0) is 61.2 Å². The van der Waals surface area contributed by atoms with Gasteiger partial charge in [0.15, 0.2) is 6.61 Å². The smallest absolute Gasteiger partial charge is 0.262 e. The summed E-state index contributed by atoms with van der Waals surface area (Å²) in [5.74, 6) is 0.773. The van der Waals surface area contributed by atoms with Crippen LogP contribution in [0.2, 0.25) is 0 Å². The average Bonchev–Trinajstić information content (AvgIpc) is 2.56. The predicted octanol–water partition coefficient (Wildman–Crippen LogP) is 4.31. The lowest BCUT2D eigenvalue weighted by atomic mass is 10.1. The summed E-state index contributed by atoms with van der Waals surface area (Å²) in [6, 6.07) is 12.9. The van der Waals surface area contributed by atoms with Gasteiger partial charge in [0.1, 0.15) is 5.75 Å². The molecule has 2 aromatic carbocycles. The average molecular weight is 354 g/mol. The Morgan fingerprint density at radius 1 is 0.923 bits per heavy atom. The molecule has 0 saturated carbocycles. The van der Waals surface area contributed by atoms with Crippen LogP contribution in [0, 0.1) is 19.8 Å². The molecule has 2 aromatic rings. The van der Waals surface area contributed by atoms with E-state index in [1.807, 2.05) is 45.9 Å². The van der Waals surface area contributed by atoms with Gasteiger partial charge in [-0.1, -0.05) is 26.0 Å². The third-order valence-electron chi connectivity index (χ3n) is 3.75. The molecule has 5 heteroatoms. The number of hydrogen-bond donors (Lipinski definition) is 2. The topological polar surface area (TPSA) is 67.4 Å². The lowest BCUT2D eigenvalue weighted by Crippen LogP contribution is -2.20. The number of amides is 2. The molecule has 0 aliphatic rings. The summed E-state index contributed by atoms with van der Waals surface area (Å²) in [5, 5.41) is 5.62. The number of carbonyl (C=O) groups excluding carboxylic acids is 2. The molecule has 0 atom stereocenters. The summed E-state index contributed by atoms with van der Waals surface area (Å²) >= 11 is 0. The van der Waals surface area contributed by atoms with Crippen molar-refractivity contribution in [1.29, 1.82) is 0 Å². The van der Waals surface area contributed by atoms with E-state index in [9.17, 15) is 9.59 Å². The van der Waals surface area contributed by atoms with Crippen molar-refractivity contribution in [3.63, 3.8) is 0 Å². The van der Waals surface area contributed by atoms with E-state index in [-0.39, 0.29) is 18.4 Å². The van der Waals surface area contributed by atoms with Crippen LogP contribution in [0.15, 0.2) is 42.5 Å². The Balaban J connectivity index is 1.85. The Bertz CT molecular complexity index is 767. The molecule has 0 aromatic heterocycles.